The Labute approximate surface area is 150 Å². The molecule has 1 saturated heterocycles. The van der Waals surface area contributed by atoms with E-state index < -0.39 is 0 Å². The summed E-state index contributed by atoms with van der Waals surface area (Å²) in [5.41, 5.74) is 1.44. The molecule has 0 aromatic carbocycles. The van der Waals surface area contributed by atoms with Crippen LogP contribution in [0.15, 0.2) is 34.4 Å². The number of piperidine rings is 1. The largest absolute Gasteiger partial charge is 0.339 e. The van der Waals surface area contributed by atoms with Crippen molar-refractivity contribution in [3.05, 3.63) is 34.4 Å². The molecule has 1 aliphatic heterocycles. The number of rotatable bonds is 7. The minimum absolute atomic E-state index is 0.0217. The molecule has 0 saturated carbocycles. The van der Waals surface area contributed by atoms with E-state index in [9.17, 15) is 4.79 Å². The van der Waals surface area contributed by atoms with E-state index in [0.29, 0.717) is 0 Å². The topological polar surface area (TPSA) is 20.3 Å². The maximum atomic E-state index is 12.2. The summed E-state index contributed by atoms with van der Waals surface area (Å²) in [7, 11) is 0. The summed E-state index contributed by atoms with van der Waals surface area (Å²) >= 11 is 3.46. The van der Waals surface area contributed by atoms with Crippen molar-refractivity contribution in [3.8, 4) is 0 Å². The van der Waals surface area contributed by atoms with E-state index in [2.05, 4.69) is 61.9 Å². The van der Waals surface area contributed by atoms with E-state index in [-0.39, 0.29) is 11.3 Å². The van der Waals surface area contributed by atoms with Gasteiger partial charge in [0, 0.05) is 13.1 Å². The number of halogens is 1. The number of amides is 1. The fourth-order valence-electron chi connectivity index (χ4n) is 2.62. The first-order chi connectivity index (χ1) is 10.8. The van der Waals surface area contributed by atoms with Crippen LogP contribution in [0, 0.1) is 5.41 Å². The van der Waals surface area contributed by atoms with Gasteiger partial charge in [-0.15, -0.1) is 0 Å². The van der Waals surface area contributed by atoms with Crippen LogP contribution in [0.5, 0.6) is 0 Å². The number of carbonyl (C=O) groups is 1. The highest BCUT2D eigenvalue weighted by Crippen LogP contribution is 2.24. The van der Waals surface area contributed by atoms with Crippen LogP contribution in [-0.4, -0.2) is 23.9 Å². The quantitative estimate of drug-likeness (QED) is 0.391. The van der Waals surface area contributed by atoms with E-state index in [1.165, 1.54) is 16.5 Å². The molecule has 0 bridgehead atoms. The molecule has 0 radical (unpaired) electrons. The predicted molar refractivity (Wildman–Crippen MR) is 104 cm³/mol. The van der Waals surface area contributed by atoms with E-state index in [0.717, 1.165) is 45.2 Å². The molecule has 1 fully saturated rings. The first-order valence-corrected chi connectivity index (χ1v) is 9.55. The molecule has 0 aromatic heterocycles. The van der Waals surface area contributed by atoms with Crippen LogP contribution < -0.4 is 0 Å². The summed E-state index contributed by atoms with van der Waals surface area (Å²) < 4.78 is 1.20. The van der Waals surface area contributed by atoms with Crippen LogP contribution in [0.3, 0.4) is 0 Å². The van der Waals surface area contributed by atoms with Gasteiger partial charge in [0.2, 0.25) is 5.91 Å². The lowest BCUT2D eigenvalue weighted by atomic mass is 9.87. The molecule has 2 nitrogen and oxygen atoms in total. The highest BCUT2D eigenvalue weighted by Gasteiger charge is 2.16. The monoisotopic (exact) mass is 381 g/mol. The second-order valence-corrected chi connectivity index (χ2v) is 8.54. The van der Waals surface area contributed by atoms with Gasteiger partial charge in [-0.05, 0) is 68.3 Å². The molecule has 0 N–H and O–H groups in total. The third-order valence-electron chi connectivity index (χ3n) is 4.29. The highest BCUT2D eigenvalue weighted by molar-refractivity contribution is 9.11. The zero-order valence-corrected chi connectivity index (χ0v) is 16.8. The van der Waals surface area contributed by atoms with Crippen molar-refractivity contribution in [3.63, 3.8) is 0 Å². The summed E-state index contributed by atoms with van der Waals surface area (Å²) in [6.45, 7) is 10.5. The van der Waals surface area contributed by atoms with Crippen LogP contribution in [0.2, 0.25) is 0 Å². The first kappa shape index (κ1) is 20.2. The van der Waals surface area contributed by atoms with Crippen LogP contribution in [-0.2, 0) is 4.79 Å². The lowest BCUT2D eigenvalue weighted by Crippen LogP contribution is -2.34. The van der Waals surface area contributed by atoms with Gasteiger partial charge in [-0.3, -0.25) is 4.79 Å². The number of hydrogen-bond donors (Lipinski definition) is 0. The Bertz CT molecular complexity index is 464. The lowest BCUT2D eigenvalue weighted by Gasteiger charge is -2.26. The number of hydrogen-bond acceptors (Lipinski definition) is 1. The first-order valence-electron chi connectivity index (χ1n) is 8.76. The van der Waals surface area contributed by atoms with E-state index in [1.54, 1.807) is 6.08 Å². The molecule has 1 heterocycles. The number of carbonyl (C=O) groups excluding carboxylic acids is 1. The molecule has 1 amide bonds. The van der Waals surface area contributed by atoms with Gasteiger partial charge in [0.15, 0.2) is 0 Å². The molecule has 130 valence electrons. The van der Waals surface area contributed by atoms with Crippen molar-refractivity contribution in [2.45, 2.75) is 66.2 Å². The third-order valence-corrected chi connectivity index (χ3v) is 4.61. The van der Waals surface area contributed by atoms with Gasteiger partial charge >= 0.3 is 0 Å². The fourth-order valence-corrected chi connectivity index (χ4v) is 2.85. The summed E-state index contributed by atoms with van der Waals surface area (Å²) in [6.07, 6.45) is 15.1. The Hall–Kier alpha value is -0.830. The van der Waals surface area contributed by atoms with Crippen LogP contribution >= 0.6 is 15.9 Å². The highest BCUT2D eigenvalue weighted by atomic mass is 79.9. The van der Waals surface area contributed by atoms with Gasteiger partial charge in [-0.25, -0.2) is 0 Å². The average molecular weight is 382 g/mol. The average Bonchev–Trinajstić information content (AvgIpc) is 2.51. The Morgan fingerprint density at radius 2 is 1.78 bits per heavy atom. The third kappa shape index (κ3) is 9.14. The molecule has 1 rings (SSSR count). The SMILES string of the molecule is C/C(Br)=C\CC/C(C)=C/CC(C)(C)/C=C/C(=O)N1CCCCC1. The Morgan fingerprint density at radius 3 is 2.39 bits per heavy atom. The van der Waals surface area contributed by atoms with Crippen LogP contribution in [0.25, 0.3) is 0 Å². The minimum atomic E-state index is 0.0217. The van der Waals surface area contributed by atoms with E-state index in [1.807, 2.05) is 4.90 Å². The maximum Gasteiger partial charge on any atom is 0.246 e. The molecule has 0 unspecified atom stereocenters. The number of allylic oxidation sites excluding steroid dienone is 5. The van der Waals surface area contributed by atoms with Crippen molar-refractivity contribution in [2.24, 2.45) is 5.41 Å². The second kappa shape index (κ2) is 10.1. The van der Waals surface area contributed by atoms with Crippen molar-refractivity contribution < 1.29 is 4.79 Å². The fraction of sp³-hybridized carbons (Fsp3) is 0.650. The summed E-state index contributed by atoms with van der Waals surface area (Å²) in [5, 5.41) is 0. The van der Waals surface area contributed by atoms with E-state index >= 15 is 0 Å². The molecule has 0 aromatic rings. The standard InChI is InChI=1S/C20H32BrNO/c1-17(9-8-10-18(2)21)11-13-20(3,4)14-12-19(23)22-15-6-5-7-16-22/h10-12,14H,5-9,13,15-16H2,1-4H3/b14-12+,17-11+,18-10+. The van der Waals surface area contributed by atoms with E-state index in [4.69, 9.17) is 0 Å². The minimum Gasteiger partial charge on any atom is -0.339 e. The Balaban J connectivity index is 2.45. The lowest BCUT2D eigenvalue weighted by molar-refractivity contribution is -0.126. The van der Waals surface area contributed by atoms with Gasteiger partial charge in [-0.1, -0.05) is 53.6 Å². The molecule has 0 spiro atoms. The zero-order valence-electron chi connectivity index (χ0n) is 15.2. The molecule has 23 heavy (non-hydrogen) atoms. The van der Waals surface area contributed by atoms with Gasteiger partial charge < -0.3 is 4.90 Å². The summed E-state index contributed by atoms with van der Waals surface area (Å²) in [5.74, 6) is 0.177. The molecule has 1 aliphatic rings. The molecular weight excluding hydrogens is 350 g/mol. The molecule has 0 atom stereocenters. The van der Waals surface area contributed by atoms with Crippen molar-refractivity contribution in [1.29, 1.82) is 0 Å². The van der Waals surface area contributed by atoms with Crippen molar-refractivity contribution >= 4 is 21.8 Å². The predicted octanol–water partition coefficient (Wildman–Crippen LogP) is 6.00. The maximum absolute atomic E-state index is 12.2. The Kier molecular flexibility index (Phi) is 8.90. The smallest absolute Gasteiger partial charge is 0.246 e. The van der Waals surface area contributed by atoms with Crippen molar-refractivity contribution in [2.75, 3.05) is 13.1 Å². The summed E-state index contributed by atoms with van der Waals surface area (Å²) in [6, 6.07) is 0. The number of nitrogens with zero attached hydrogens (tertiary/aromatic N) is 1. The Morgan fingerprint density at radius 1 is 1.13 bits per heavy atom. The molecule has 3 heteroatoms. The number of likely N-dealkylation sites (tertiary alicyclic amines) is 1. The summed E-state index contributed by atoms with van der Waals surface area (Å²) in [4.78, 5) is 14.2. The van der Waals surface area contributed by atoms with Gasteiger partial charge in [-0.2, -0.15) is 0 Å². The van der Waals surface area contributed by atoms with Crippen molar-refractivity contribution in [1.82, 2.24) is 4.90 Å². The van der Waals surface area contributed by atoms with Crippen LogP contribution in [0.1, 0.15) is 66.2 Å². The second-order valence-electron chi connectivity index (χ2n) is 7.29. The zero-order chi connectivity index (χ0) is 17.3. The normalized spacial score (nSPS) is 17.9. The van der Waals surface area contributed by atoms with Crippen LogP contribution in [0.4, 0.5) is 0 Å². The molecule has 0 aliphatic carbocycles. The van der Waals surface area contributed by atoms with Gasteiger partial charge in [0.25, 0.3) is 0 Å². The van der Waals surface area contributed by atoms with Gasteiger partial charge in [0.05, 0.1) is 0 Å². The van der Waals surface area contributed by atoms with Gasteiger partial charge in [0.1, 0.15) is 0 Å². The molecular formula is C20H32BrNO.